The van der Waals surface area contributed by atoms with E-state index >= 15 is 0 Å². The van der Waals surface area contributed by atoms with Crippen molar-refractivity contribution in [1.82, 2.24) is 10.2 Å². The van der Waals surface area contributed by atoms with Crippen LogP contribution in [0, 0.1) is 5.92 Å². The molecule has 2 rings (SSSR count). The average molecular weight is 220 g/mol. The number of unbranched alkanes of at least 4 members (excludes halogenated alkanes) is 1. The fraction of sp³-hybridized carbons (Fsp3) is 0.714. The first-order valence-corrected chi connectivity index (χ1v) is 6.73. The summed E-state index contributed by atoms with van der Waals surface area (Å²) in [5.74, 6) is 1.97. The maximum Gasteiger partial charge on any atom is 0.102 e. The van der Waals surface area contributed by atoms with E-state index in [1.165, 1.54) is 50.8 Å². The number of hydrogen-bond acceptors (Lipinski definition) is 2. The van der Waals surface area contributed by atoms with E-state index in [2.05, 4.69) is 29.9 Å². The van der Waals surface area contributed by atoms with E-state index in [-0.39, 0.29) is 0 Å². The third-order valence-corrected chi connectivity index (χ3v) is 3.69. The van der Waals surface area contributed by atoms with E-state index in [1.54, 1.807) is 0 Å². The van der Waals surface area contributed by atoms with Crippen LogP contribution in [-0.4, -0.2) is 11.4 Å². The first-order chi connectivity index (χ1) is 7.79. The first kappa shape index (κ1) is 11.6. The predicted octanol–water partition coefficient (Wildman–Crippen LogP) is 3.58. The highest BCUT2D eigenvalue weighted by atomic mass is 15.3. The maximum absolute atomic E-state index is 4.10. The van der Waals surface area contributed by atoms with Crippen molar-refractivity contribution in [2.24, 2.45) is 5.92 Å². The zero-order chi connectivity index (χ0) is 11.4. The summed E-state index contributed by atoms with van der Waals surface area (Å²) in [5.41, 5.74) is 1.35. The monoisotopic (exact) mass is 220 g/mol. The van der Waals surface area contributed by atoms with Crippen LogP contribution in [0.25, 0.3) is 0 Å². The van der Waals surface area contributed by atoms with Crippen LogP contribution in [-0.2, 0) is 0 Å². The summed E-state index contributed by atoms with van der Waals surface area (Å²) in [4.78, 5) is 2.32. The lowest BCUT2D eigenvalue weighted by molar-refractivity contribution is 0.369. The van der Waals surface area contributed by atoms with Crippen LogP contribution in [0.4, 0.5) is 0 Å². The molecule has 2 aliphatic rings. The van der Waals surface area contributed by atoms with Crippen molar-refractivity contribution in [3.63, 3.8) is 0 Å². The summed E-state index contributed by atoms with van der Waals surface area (Å²) in [5, 5.41) is 3.41. The molecular weight excluding hydrogens is 196 g/mol. The molecule has 0 aromatic carbocycles. The Bertz CT molecular complexity index is 274. The number of allylic oxidation sites excluding steroid dienone is 1. The minimum atomic E-state index is 0.889. The van der Waals surface area contributed by atoms with Crippen LogP contribution < -0.4 is 5.32 Å². The Morgan fingerprint density at radius 1 is 1.44 bits per heavy atom. The van der Waals surface area contributed by atoms with Crippen molar-refractivity contribution in [3.05, 3.63) is 24.3 Å². The summed E-state index contributed by atoms with van der Waals surface area (Å²) >= 11 is 0. The van der Waals surface area contributed by atoms with Gasteiger partial charge in [0.2, 0.25) is 0 Å². The van der Waals surface area contributed by atoms with Crippen LogP contribution in [0.5, 0.6) is 0 Å². The van der Waals surface area contributed by atoms with E-state index in [1.807, 2.05) is 0 Å². The van der Waals surface area contributed by atoms with Crippen LogP contribution in [0.2, 0.25) is 0 Å². The third-order valence-electron chi connectivity index (χ3n) is 3.69. The highest BCUT2D eigenvalue weighted by Crippen LogP contribution is 2.28. The van der Waals surface area contributed by atoms with E-state index in [0.717, 1.165) is 18.2 Å². The van der Waals surface area contributed by atoms with Gasteiger partial charge in [0.05, 0.1) is 0 Å². The number of rotatable bonds is 5. The number of hydrogen-bond donors (Lipinski definition) is 1. The Morgan fingerprint density at radius 2 is 2.19 bits per heavy atom. The molecule has 0 unspecified atom stereocenters. The summed E-state index contributed by atoms with van der Waals surface area (Å²) in [7, 11) is 0. The maximum atomic E-state index is 4.10. The van der Waals surface area contributed by atoms with Gasteiger partial charge in [-0.15, -0.1) is 0 Å². The van der Waals surface area contributed by atoms with Crippen LogP contribution in [0.15, 0.2) is 24.3 Å². The lowest BCUT2D eigenvalue weighted by Gasteiger charge is -2.20. The molecule has 16 heavy (non-hydrogen) atoms. The van der Waals surface area contributed by atoms with Crippen molar-refractivity contribution in [2.75, 3.05) is 6.54 Å². The fourth-order valence-electron chi connectivity index (χ4n) is 2.68. The third kappa shape index (κ3) is 2.81. The lowest BCUT2D eigenvalue weighted by atomic mass is 10.1. The highest BCUT2D eigenvalue weighted by molar-refractivity contribution is 5.18. The van der Waals surface area contributed by atoms with E-state index in [0.29, 0.717) is 0 Å². The van der Waals surface area contributed by atoms with Crippen molar-refractivity contribution < 1.29 is 0 Å². The molecule has 2 heteroatoms. The molecule has 1 fully saturated rings. The van der Waals surface area contributed by atoms with Gasteiger partial charge in [-0.05, 0) is 31.6 Å². The zero-order valence-corrected chi connectivity index (χ0v) is 10.5. The molecule has 2 nitrogen and oxygen atoms in total. The first-order valence-electron chi connectivity index (χ1n) is 6.73. The molecule has 90 valence electrons. The predicted molar refractivity (Wildman–Crippen MR) is 68.5 cm³/mol. The average Bonchev–Trinajstić information content (AvgIpc) is 2.87. The van der Waals surface area contributed by atoms with Crippen molar-refractivity contribution in [1.29, 1.82) is 0 Å². The van der Waals surface area contributed by atoms with Gasteiger partial charge in [0.1, 0.15) is 5.82 Å². The standard InChI is InChI=1S/C14H24N2/c1-3-4-9-14-11-16(12(2)15-14)10-13-7-5-6-8-13/h11,13,15H,2-10H2,1H3. The molecule has 1 aliphatic heterocycles. The second kappa shape index (κ2) is 5.42. The van der Waals surface area contributed by atoms with E-state index < -0.39 is 0 Å². The summed E-state index contributed by atoms with van der Waals surface area (Å²) in [6, 6.07) is 0. The van der Waals surface area contributed by atoms with Gasteiger partial charge in [0, 0.05) is 18.4 Å². The van der Waals surface area contributed by atoms with Crippen molar-refractivity contribution >= 4 is 0 Å². The van der Waals surface area contributed by atoms with Crippen LogP contribution >= 0.6 is 0 Å². The summed E-state index contributed by atoms with van der Waals surface area (Å²) < 4.78 is 0. The van der Waals surface area contributed by atoms with Gasteiger partial charge in [-0.1, -0.05) is 32.8 Å². The molecule has 0 aromatic rings. The molecule has 1 saturated carbocycles. The van der Waals surface area contributed by atoms with Gasteiger partial charge in [-0.25, -0.2) is 0 Å². The van der Waals surface area contributed by atoms with Gasteiger partial charge in [0.25, 0.3) is 0 Å². The Kier molecular flexibility index (Phi) is 3.92. The lowest BCUT2D eigenvalue weighted by Crippen LogP contribution is -2.23. The van der Waals surface area contributed by atoms with Crippen LogP contribution in [0.1, 0.15) is 51.9 Å². The molecule has 0 radical (unpaired) electrons. The Hall–Kier alpha value is -0.920. The molecule has 0 aromatic heterocycles. The molecule has 1 heterocycles. The summed E-state index contributed by atoms with van der Waals surface area (Å²) in [6.45, 7) is 7.50. The Morgan fingerprint density at radius 3 is 2.88 bits per heavy atom. The van der Waals surface area contributed by atoms with E-state index in [9.17, 15) is 0 Å². The fourth-order valence-corrected chi connectivity index (χ4v) is 2.68. The molecule has 0 amide bonds. The molecule has 1 aliphatic carbocycles. The number of nitrogens with zero attached hydrogens (tertiary/aromatic N) is 1. The second-order valence-electron chi connectivity index (χ2n) is 5.13. The van der Waals surface area contributed by atoms with Gasteiger partial charge >= 0.3 is 0 Å². The molecular formula is C14H24N2. The van der Waals surface area contributed by atoms with Gasteiger partial charge in [-0.2, -0.15) is 0 Å². The second-order valence-corrected chi connectivity index (χ2v) is 5.13. The minimum absolute atomic E-state index is 0.889. The van der Waals surface area contributed by atoms with E-state index in [4.69, 9.17) is 0 Å². The quantitative estimate of drug-likeness (QED) is 0.761. The Balaban J connectivity index is 1.83. The zero-order valence-electron chi connectivity index (χ0n) is 10.5. The molecule has 0 spiro atoms. The van der Waals surface area contributed by atoms with Gasteiger partial charge in [0.15, 0.2) is 0 Å². The highest BCUT2D eigenvalue weighted by Gasteiger charge is 2.21. The smallest absolute Gasteiger partial charge is 0.102 e. The molecule has 0 saturated heterocycles. The minimum Gasteiger partial charge on any atom is -0.344 e. The molecule has 1 N–H and O–H groups in total. The topological polar surface area (TPSA) is 15.3 Å². The van der Waals surface area contributed by atoms with Crippen LogP contribution in [0.3, 0.4) is 0 Å². The Labute approximate surface area is 99.4 Å². The molecule has 0 bridgehead atoms. The largest absolute Gasteiger partial charge is 0.344 e. The molecule has 0 atom stereocenters. The SMILES string of the molecule is C=C1NC(CCCC)=CN1CC1CCCC1. The van der Waals surface area contributed by atoms with Gasteiger partial charge in [-0.3, -0.25) is 0 Å². The van der Waals surface area contributed by atoms with Crippen molar-refractivity contribution in [2.45, 2.75) is 51.9 Å². The number of nitrogens with one attached hydrogen (secondary N) is 1. The van der Waals surface area contributed by atoms with Crippen molar-refractivity contribution in [3.8, 4) is 0 Å². The summed E-state index contributed by atoms with van der Waals surface area (Å²) in [6.07, 6.45) is 11.6. The van der Waals surface area contributed by atoms with Gasteiger partial charge < -0.3 is 10.2 Å². The normalized spacial score (nSPS) is 21.4.